The lowest BCUT2D eigenvalue weighted by molar-refractivity contribution is -0.677. The van der Waals surface area contributed by atoms with E-state index >= 15 is 0 Å². The van der Waals surface area contributed by atoms with Crippen molar-refractivity contribution in [3.8, 4) is 11.3 Å². The molecule has 2 nitrogen and oxygen atoms in total. The topological polar surface area (TPSA) is 3.88 Å². The zero-order valence-electron chi connectivity index (χ0n) is 18.6. The summed E-state index contributed by atoms with van der Waals surface area (Å²) in [6, 6.07) is 47.0. The second-order valence-electron chi connectivity index (χ2n) is 9.36. The van der Waals surface area contributed by atoms with Crippen LogP contribution in [0.25, 0.3) is 32.9 Å². The average molecular weight is 435 g/mol. The van der Waals surface area contributed by atoms with Crippen molar-refractivity contribution in [3.05, 3.63) is 133 Å². The van der Waals surface area contributed by atoms with E-state index in [4.69, 9.17) is 0 Å². The molecule has 0 saturated carbocycles. The van der Waals surface area contributed by atoms with Gasteiger partial charge in [0.1, 0.15) is 11.4 Å². The Bertz CT molecular complexity index is 1710. The predicted octanol–water partition coefficient (Wildman–Crippen LogP) is 7.79. The summed E-state index contributed by atoms with van der Waals surface area (Å²) < 4.78 is 3.26. The fraction of sp³-hybridized carbons (Fsp3) is 0.0312. The minimum Gasteiger partial charge on any atom is -0.159 e. The van der Waals surface area contributed by atoms with E-state index in [-0.39, 0.29) is 6.17 Å². The second kappa shape index (κ2) is 6.40. The third kappa shape index (κ3) is 2.07. The van der Waals surface area contributed by atoms with Crippen molar-refractivity contribution in [2.75, 3.05) is 0 Å². The molecule has 0 bridgehead atoms. The third-order valence-electron chi connectivity index (χ3n) is 7.76. The number of benzene rings is 5. The number of aromatic nitrogens is 1. The van der Waals surface area contributed by atoms with Gasteiger partial charge in [-0.15, -0.1) is 4.57 Å². The van der Waals surface area contributed by atoms with Crippen LogP contribution in [-0.4, -0.2) is 0 Å². The van der Waals surface area contributed by atoms with Gasteiger partial charge in [-0.25, -0.2) is 0 Å². The summed E-state index contributed by atoms with van der Waals surface area (Å²) >= 11 is 0. The van der Waals surface area contributed by atoms with Crippen LogP contribution in [0.2, 0.25) is 0 Å². The van der Waals surface area contributed by atoms with Crippen molar-refractivity contribution in [1.29, 1.82) is 0 Å². The van der Waals surface area contributed by atoms with Gasteiger partial charge >= 0.3 is 6.17 Å². The second-order valence-corrected chi connectivity index (χ2v) is 9.36. The summed E-state index contributed by atoms with van der Waals surface area (Å²) in [5.41, 5.74) is 9.25. The molecule has 5 aromatic carbocycles. The fourth-order valence-corrected chi connectivity index (χ4v) is 6.46. The summed E-state index contributed by atoms with van der Waals surface area (Å²) in [5, 5.41) is 3.87. The van der Waals surface area contributed by atoms with E-state index in [2.05, 4.69) is 132 Å². The molecule has 0 aliphatic carbocycles. The van der Waals surface area contributed by atoms with Gasteiger partial charge in [0.05, 0.1) is 16.5 Å². The van der Waals surface area contributed by atoms with Crippen LogP contribution < -0.4 is 9.05 Å². The van der Waals surface area contributed by atoms with Gasteiger partial charge in [0.15, 0.2) is 0 Å². The number of fused-ring (bicyclic) bond motifs is 4. The number of hydrogen-bond acceptors (Lipinski definition) is 0. The molecule has 2 aliphatic rings. The molecule has 8 rings (SSSR count). The standard InChI is InChI=1S/C32H22N2/c1-3-13-25(14-4-1)34(26-15-5-2-6-16-26)30-17-9-12-22-18-19-29-27-20-23-10-7-8-11-24(23)21-28(27)32(34)33(29)31(22)30/h1-21,32H/q+2. The summed E-state index contributed by atoms with van der Waals surface area (Å²) in [4.78, 5) is 0. The van der Waals surface area contributed by atoms with Crippen LogP contribution in [0.5, 0.6) is 0 Å². The number of hydrogen-bond donors (Lipinski definition) is 0. The molecule has 0 spiro atoms. The van der Waals surface area contributed by atoms with Crippen molar-refractivity contribution in [2.24, 2.45) is 0 Å². The zero-order valence-corrected chi connectivity index (χ0v) is 18.6. The van der Waals surface area contributed by atoms with Crippen LogP contribution in [-0.2, 0) is 0 Å². The molecule has 2 aliphatic heterocycles. The lowest BCUT2D eigenvalue weighted by Crippen LogP contribution is -2.50. The molecule has 158 valence electrons. The van der Waals surface area contributed by atoms with E-state index in [1.165, 1.54) is 55.6 Å². The van der Waals surface area contributed by atoms with Gasteiger partial charge < -0.3 is 0 Å². The number of pyridine rings is 1. The molecular formula is C32H22N2+2. The Hall–Kier alpha value is -4.27. The fourth-order valence-electron chi connectivity index (χ4n) is 6.46. The highest BCUT2D eigenvalue weighted by atomic mass is 15.5. The van der Waals surface area contributed by atoms with Gasteiger partial charge in [-0.3, -0.25) is 0 Å². The molecule has 0 radical (unpaired) electrons. The normalized spacial score (nSPS) is 16.8. The van der Waals surface area contributed by atoms with Gasteiger partial charge in [-0.2, -0.15) is 4.48 Å². The Kier molecular flexibility index (Phi) is 3.43. The van der Waals surface area contributed by atoms with Gasteiger partial charge in [0, 0.05) is 36.4 Å². The van der Waals surface area contributed by atoms with Crippen molar-refractivity contribution >= 4 is 38.7 Å². The highest BCUT2D eigenvalue weighted by molar-refractivity contribution is 5.97. The Balaban J connectivity index is 1.60. The minimum absolute atomic E-state index is 0.0977. The monoisotopic (exact) mass is 434 g/mol. The van der Waals surface area contributed by atoms with Crippen LogP contribution in [0, 0.1) is 0 Å². The van der Waals surface area contributed by atoms with Crippen LogP contribution >= 0.6 is 0 Å². The molecule has 6 aromatic rings. The largest absolute Gasteiger partial charge is 0.327 e. The van der Waals surface area contributed by atoms with E-state index in [1.54, 1.807) is 0 Å². The molecule has 0 fully saturated rings. The summed E-state index contributed by atoms with van der Waals surface area (Å²) in [5.74, 6) is 0. The summed E-state index contributed by atoms with van der Waals surface area (Å²) in [7, 11) is 0. The van der Waals surface area contributed by atoms with Crippen LogP contribution in [0.15, 0.2) is 127 Å². The number of nitrogens with zero attached hydrogens (tertiary/aromatic N) is 2. The quantitative estimate of drug-likeness (QED) is 0.193. The van der Waals surface area contributed by atoms with E-state index in [1.807, 2.05) is 0 Å². The Morgan fingerprint density at radius 1 is 0.529 bits per heavy atom. The van der Waals surface area contributed by atoms with Gasteiger partial charge in [-0.1, -0.05) is 66.7 Å². The first-order valence-electron chi connectivity index (χ1n) is 11.9. The maximum Gasteiger partial charge on any atom is 0.327 e. The molecule has 2 heteroatoms. The minimum atomic E-state index is 0.0977. The molecular weight excluding hydrogens is 412 g/mol. The maximum atomic E-state index is 2.61. The SMILES string of the molecule is c1ccc([N+]2(c3ccccc3)c3cccc4ccc5[n+](c34)C2c2cc3ccccc3cc2-5)cc1. The molecule has 34 heavy (non-hydrogen) atoms. The zero-order chi connectivity index (χ0) is 22.3. The van der Waals surface area contributed by atoms with Crippen molar-refractivity contribution < 1.29 is 4.57 Å². The van der Waals surface area contributed by atoms with Gasteiger partial charge in [-0.05, 0) is 35.0 Å². The van der Waals surface area contributed by atoms with Crippen molar-refractivity contribution in [2.45, 2.75) is 6.17 Å². The van der Waals surface area contributed by atoms with Crippen LogP contribution in [0.1, 0.15) is 11.7 Å². The van der Waals surface area contributed by atoms with E-state index in [0.717, 1.165) is 0 Å². The van der Waals surface area contributed by atoms with E-state index < -0.39 is 0 Å². The highest BCUT2D eigenvalue weighted by Crippen LogP contribution is 2.59. The van der Waals surface area contributed by atoms with Crippen molar-refractivity contribution in [3.63, 3.8) is 0 Å². The first kappa shape index (κ1) is 18.2. The lowest BCUT2D eigenvalue weighted by Gasteiger charge is -2.34. The first-order chi connectivity index (χ1) is 16.9. The molecule has 0 saturated heterocycles. The number of rotatable bonds is 2. The molecule has 1 atom stereocenters. The Labute approximate surface area is 198 Å². The average Bonchev–Trinajstić information content (AvgIpc) is 3.40. The van der Waals surface area contributed by atoms with Gasteiger partial charge in [0.2, 0.25) is 11.4 Å². The predicted molar refractivity (Wildman–Crippen MR) is 139 cm³/mol. The Morgan fingerprint density at radius 2 is 1.15 bits per heavy atom. The van der Waals surface area contributed by atoms with Gasteiger partial charge in [0.25, 0.3) is 5.52 Å². The smallest absolute Gasteiger partial charge is 0.159 e. The van der Waals surface area contributed by atoms with Crippen LogP contribution in [0.4, 0.5) is 17.1 Å². The maximum absolute atomic E-state index is 2.61. The van der Waals surface area contributed by atoms with Crippen LogP contribution in [0.3, 0.4) is 0 Å². The van der Waals surface area contributed by atoms with E-state index in [0.29, 0.717) is 4.48 Å². The third-order valence-corrected chi connectivity index (χ3v) is 7.76. The molecule has 0 N–H and O–H groups in total. The number of para-hydroxylation sites is 3. The summed E-state index contributed by atoms with van der Waals surface area (Å²) in [6.45, 7) is 0. The summed E-state index contributed by atoms with van der Waals surface area (Å²) in [6.07, 6.45) is 0.0977. The molecule has 1 aromatic heterocycles. The van der Waals surface area contributed by atoms with Crippen molar-refractivity contribution in [1.82, 2.24) is 4.48 Å². The lowest BCUT2D eigenvalue weighted by atomic mass is 9.96. The highest BCUT2D eigenvalue weighted by Gasteiger charge is 2.63. The number of quaternary nitrogens is 1. The molecule has 0 amide bonds. The molecule has 3 heterocycles. The first-order valence-corrected chi connectivity index (χ1v) is 11.9. The Morgan fingerprint density at radius 3 is 1.85 bits per heavy atom. The molecule has 1 unspecified atom stereocenters. The van der Waals surface area contributed by atoms with E-state index in [9.17, 15) is 0 Å².